The third kappa shape index (κ3) is 4.82. The Morgan fingerprint density at radius 2 is 2.12 bits per heavy atom. The number of anilines is 2. The predicted octanol–water partition coefficient (Wildman–Crippen LogP) is 2.16. The number of carbonyl (C=O) groups is 1. The van der Waals surface area contributed by atoms with Gasteiger partial charge < -0.3 is 15.8 Å². The molecule has 0 atom stereocenters. The van der Waals surface area contributed by atoms with Gasteiger partial charge in [-0.3, -0.25) is 4.79 Å². The minimum Gasteiger partial charge on any atom is -0.397 e. The van der Waals surface area contributed by atoms with Crippen molar-refractivity contribution in [3.63, 3.8) is 0 Å². The first-order valence-corrected chi connectivity index (χ1v) is 5.27. The van der Waals surface area contributed by atoms with Gasteiger partial charge in [0.1, 0.15) is 12.4 Å². The second kappa shape index (κ2) is 5.14. The van der Waals surface area contributed by atoms with E-state index in [2.05, 4.69) is 5.32 Å². The number of carbonyl (C=O) groups excluding carboxylic acids is 1. The van der Waals surface area contributed by atoms with Crippen molar-refractivity contribution >= 4 is 17.3 Å². The van der Waals surface area contributed by atoms with Gasteiger partial charge in [-0.1, -0.05) is 0 Å². The van der Waals surface area contributed by atoms with Gasteiger partial charge in [-0.25, -0.2) is 4.39 Å². The minimum absolute atomic E-state index is 0.0691. The van der Waals surface area contributed by atoms with Crippen LogP contribution in [0.4, 0.5) is 15.8 Å². The zero-order chi connectivity index (χ0) is 13.1. The largest absolute Gasteiger partial charge is 0.397 e. The summed E-state index contributed by atoms with van der Waals surface area (Å²) in [5, 5.41) is 2.55. The van der Waals surface area contributed by atoms with Crippen LogP contribution in [-0.4, -0.2) is 18.1 Å². The van der Waals surface area contributed by atoms with Crippen LogP contribution in [0.5, 0.6) is 0 Å². The molecule has 1 amide bonds. The molecule has 0 spiro atoms. The predicted molar refractivity (Wildman–Crippen MR) is 65.1 cm³/mol. The van der Waals surface area contributed by atoms with Crippen LogP contribution >= 0.6 is 0 Å². The Morgan fingerprint density at radius 1 is 1.47 bits per heavy atom. The summed E-state index contributed by atoms with van der Waals surface area (Å²) in [5.41, 5.74) is 5.75. The molecule has 0 aromatic heterocycles. The van der Waals surface area contributed by atoms with E-state index >= 15 is 0 Å². The highest BCUT2D eigenvalue weighted by Gasteiger charge is 2.13. The van der Waals surface area contributed by atoms with Crippen LogP contribution in [-0.2, 0) is 9.53 Å². The molecule has 0 saturated carbocycles. The molecule has 0 aliphatic rings. The fourth-order valence-corrected chi connectivity index (χ4v) is 1.12. The fraction of sp³-hybridized carbons (Fsp3) is 0.417. The Kier molecular flexibility index (Phi) is 4.07. The Hall–Kier alpha value is -1.62. The lowest BCUT2D eigenvalue weighted by molar-refractivity contribution is -0.125. The monoisotopic (exact) mass is 240 g/mol. The van der Waals surface area contributed by atoms with Crippen molar-refractivity contribution in [2.75, 3.05) is 17.7 Å². The third-order valence-corrected chi connectivity index (χ3v) is 1.92. The highest BCUT2D eigenvalue weighted by molar-refractivity contribution is 5.94. The summed E-state index contributed by atoms with van der Waals surface area (Å²) < 4.78 is 18.1. The highest BCUT2D eigenvalue weighted by Crippen LogP contribution is 2.19. The molecule has 3 N–H and O–H groups in total. The first-order valence-electron chi connectivity index (χ1n) is 5.27. The van der Waals surface area contributed by atoms with Gasteiger partial charge in [0, 0.05) is 0 Å². The number of rotatable bonds is 3. The second-order valence-corrected chi connectivity index (χ2v) is 4.68. The molecule has 1 rings (SSSR count). The fourth-order valence-electron chi connectivity index (χ4n) is 1.12. The maximum atomic E-state index is 12.8. The Balaban J connectivity index is 2.57. The normalized spacial score (nSPS) is 11.3. The maximum Gasteiger partial charge on any atom is 0.250 e. The summed E-state index contributed by atoms with van der Waals surface area (Å²) in [6.07, 6.45) is 0. The first kappa shape index (κ1) is 13.4. The van der Waals surface area contributed by atoms with E-state index in [4.69, 9.17) is 10.5 Å². The van der Waals surface area contributed by atoms with Crippen LogP contribution in [0.25, 0.3) is 0 Å². The molecular formula is C12H17FN2O2. The molecule has 0 unspecified atom stereocenters. The lowest BCUT2D eigenvalue weighted by Crippen LogP contribution is -2.27. The zero-order valence-electron chi connectivity index (χ0n) is 10.2. The third-order valence-electron chi connectivity index (χ3n) is 1.92. The van der Waals surface area contributed by atoms with E-state index < -0.39 is 5.82 Å². The molecule has 17 heavy (non-hydrogen) atoms. The molecule has 0 heterocycles. The van der Waals surface area contributed by atoms with Gasteiger partial charge in [0.25, 0.3) is 0 Å². The van der Waals surface area contributed by atoms with Crippen LogP contribution in [0.3, 0.4) is 0 Å². The summed E-state index contributed by atoms with van der Waals surface area (Å²) in [6, 6.07) is 3.80. The quantitative estimate of drug-likeness (QED) is 0.796. The number of hydrogen-bond acceptors (Lipinski definition) is 3. The lowest BCUT2D eigenvalue weighted by atomic mass is 10.2. The molecular weight excluding hydrogens is 223 g/mol. The topological polar surface area (TPSA) is 64.3 Å². The van der Waals surface area contributed by atoms with E-state index in [1.807, 2.05) is 20.8 Å². The summed E-state index contributed by atoms with van der Waals surface area (Å²) in [4.78, 5) is 11.5. The number of nitrogens with one attached hydrogen (secondary N) is 1. The molecule has 0 radical (unpaired) electrons. The molecule has 0 bridgehead atoms. The summed E-state index contributed by atoms with van der Waals surface area (Å²) in [6.45, 7) is 5.49. The Morgan fingerprint density at radius 3 is 2.65 bits per heavy atom. The highest BCUT2D eigenvalue weighted by atomic mass is 19.1. The summed E-state index contributed by atoms with van der Waals surface area (Å²) in [5.74, 6) is -0.760. The Labute approximate surface area is 100.0 Å². The molecule has 1 aromatic carbocycles. The van der Waals surface area contributed by atoms with Crippen LogP contribution in [0, 0.1) is 5.82 Å². The summed E-state index contributed by atoms with van der Waals surface area (Å²) in [7, 11) is 0. The van der Waals surface area contributed by atoms with Gasteiger partial charge in [0.05, 0.1) is 17.0 Å². The molecule has 1 aromatic rings. The zero-order valence-corrected chi connectivity index (χ0v) is 10.2. The van der Waals surface area contributed by atoms with Crippen LogP contribution < -0.4 is 11.1 Å². The maximum absolute atomic E-state index is 12.8. The van der Waals surface area contributed by atoms with Gasteiger partial charge in [0.15, 0.2) is 0 Å². The van der Waals surface area contributed by atoms with E-state index in [0.717, 1.165) is 6.07 Å². The number of benzene rings is 1. The van der Waals surface area contributed by atoms with E-state index in [1.165, 1.54) is 12.1 Å². The number of amides is 1. The van der Waals surface area contributed by atoms with Crippen LogP contribution in [0.2, 0.25) is 0 Å². The van der Waals surface area contributed by atoms with Crippen molar-refractivity contribution in [2.45, 2.75) is 26.4 Å². The number of ether oxygens (including phenoxy) is 1. The minimum atomic E-state index is -0.438. The number of halogens is 1. The number of nitrogen functional groups attached to an aromatic ring is 1. The molecule has 0 fully saturated rings. The smallest absolute Gasteiger partial charge is 0.250 e. The van der Waals surface area contributed by atoms with E-state index in [-0.39, 0.29) is 23.8 Å². The van der Waals surface area contributed by atoms with Crippen molar-refractivity contribution in [3.8, 4) is 0 Å². The van der Waals surface area contributed by atoms with Crippen molar-refractivity contribution in [2.24, 2.45) is 0 Å². The van der Waals surface area contributed by atoms with Crippen molar-refractivity contribution in [1.29, 1.82) is 0 Å². The molecule has 0 aliphatic carbocycles. The SMILES string of the molecule is CC(C)(C)OCC(=O)Nc1ccc(F)cc1N. The lowest BCUT2D eigenvalue weighted by Gasteiger charge is -2.19. The number of hydrogen-bond donors (Lipinski definition) is 2. The van der Waals surface area contributed by atoms with Gasteiger partial charge in [0.2, 0.25) is 5.91 Å². The molecule has 5 heteroatoms. The van der Waals surface area contributed by atoms with Gasteiger partial charge in [-0.15, -0.1) is 0 Å². The Bertz CT molecular complexity index is 413. The first-order chi connectivity index (χ1) is 7.78. The van der Waals surface area contributed by atoms with E-state index in [0.29, 0.717) is 5.69 Å². The van der Waals surface area contributed by atoms with E-state index in [9.17, 15) is 9.18 Å². The van der Waals surface area contributed by atoms with Crippen molar-refractivity contribution in [1.82, 2.24) is 0 Å². The molecule has 4 nitrogen and oxygen atoms in total. The molecule has 94 valence electrons. The van der Waals surface area contributed by atoms with Crippen LogP contribution in [0.15, 0.2) is 18.2 Å². The van der Waals surface area contributed by atoms with E-state index in [1.54, 1.807) is 0 Å². The molecule has 0 saturated heterocycles. The average Bonchev–Trinajstić information content (AvgIpc) is 2.18. The second-order valence-electron chi connectivity index (χ2n) is 4.68. The average molecular weight is 240 g/mol. The standard InChI is InChI=1S/C12H17FN2O2/c1-12(2,3)17-7-11(16)15-10-5-4-8(13)6-9(10)14/h4-6H,7,14H2,1-3H3,(H,15,16). The summed E-state index contributed by atoms with van der Waals surface area (Å²) >= 11 is 0. The van der Waals surface area contributed by atoms with Crippen molar-refractivity contribution < 1.29 is 13.9 Å². The van der Waals surface area contributed by atoms with Gasteiger partial charge in [-0.2, -0.15) is 0 Å². The van der Waals surface area contributed by atoms with Gasteiger partial charge in [-0.05, 0) is 39.0 Å². The van der Waals surface area contributed by atoms with Crippen molar-refractivity contribution in [3.05, 3.63) is 24.0 Å². The van der Waals surface area contributed by atoms with Crippen LogP contribution in [0.1, 0.15) is 20.8 Å². The molecule has 0 aliphatic heterocycles. The number of nitrogens with two attached hydrogens (primary N) is 1. The van der Waals surface area contributed by atoms with Gasteiger partial charge >= 0.3 is 0 Å².